The minimum atomic E-state index is -0.188. The second kappa shape index (κ2) is 11.9. The zero-order chi connectivity index (χ0) is 22.9. The van der Waals surface area contributed by atoms with E-state index in [9.17, 15) is 0 Å². The van der Waals surface area contributed by atoms with Crippen molar-refractivity contribution >= 4 is 0 Å². The molecule has 3 aliphatic heterocycles. The van der Waals surface area contributed by atoms with Crippen molar-refractivity contribution in [3.8, 4) is 0 Å². The normalized spacial score (nSPS) is 22.4. The third-order valence-electron chi connectivity index (χ3n) is 6.94. The molecular weight excluding hydrogens is 398 g/mol. The highest BCUT2D eigenvalue weighted by molar-refractivity contribution is 5.38. The van der Waals surface area contributed by atoms with Gasteiger partial charge in [0, 0.05) is 43.7 Å². The van der Waals surface area contributed by atoms with Crippen LogP contribution in [0.5, 0.6) is 0 Å². The van der Waals surface area contributed by atoms with E-state index in [1.807, 2.05) is 26.2 Å². The average molecular weight is 440 g/mol. The lowest BCUT2D eigenvalue weighted by atomic mass is 9.68. The van der Waals surface area contributed by atoms with Gasteiger partial charge in [-0.1, -0.05) is 50.2 Å². The van der Waals surface area contributed by atoms with Crippen LogP contribution in [-0.2, 0) is 14.9 Å². The van der Waals surface area contributed by atoms with Gasteiger partial charge in [0.1, 0.15) is 0 Å². The number of hydrogen-bond donors (Lipinski definition) is 0. The van der Waals surface area contributed by atoms with Crippen molar-refractivity contribution in [3.05, 3.63) is 66.0 Å². The standard InChI is InChI=1S/C17H20N2.C8H15NO2.C2H6/c1-19-12-9-17(10-13-19,15-6-3-2-4-7-15)16-8-5-11-18-14-16;1-9-4-2-8(3-5-9)10-6-7-11-8;1-2/h2-8,11,14H,9-10,12-13H2,1H3;2-7H2,1H3;1-2H3. The van der Waals surface area contributed by atoms with Crippen molar-refractivity contribution in [2.24, 2.45) is 0 Å². The Hall–Kier alpha value is -1.79. The van der Waals surface area contributed by atoms with E-state index in [0.717, 1.165) is 52.2 Å². The molecule has 0 N–H and O–H groups in total. The van der Waals surface area contributed by atoms with Crippen molar-refractivity contribution in [1.29, 1.82) is 0 Å². The third-order valence-corrected chi connectivity index (χ3v) is 6.94. The zero-order valence-corrected chi connectivity index (χ0v) is 20.4. The summed E-state index contributed by atoms with van der Waals surface area (Å²) >= 11 is 0. The molecule has 0 radical (unpaired) electrons. The van der Waals surface area contributed by atoms with Gasteiger partial charge in [0.25, 0.3) is 0 Å². The van der Waals surface area contributed by atoms with Crippen molar-refractivity contribution < 1.29 is 9.47 Å². The Morgan fingerprint density at radius 3 is 1.78 bits per heavy atom. The van der Waals surface area contributed by atoms with E-state index in [2.05, 4.69) is 71.3 Å². The number of likely N-dealkylation sites (tertiary alicyclic amines) is 2. The highest BCUT2D eigenvalue weighted by Crippen LogP contribution is 2.41. The highest BCUT2D eigenvalue weighted by atomic mass is 16.7. The molecule has 5 nitrogen and oxygen atoms in total. The van der Waals surface area contributed by atoms with E-state index >= 15 is 0 Å². The summed E-state index contributed by atoms with van der Waals surface area (Å²) in [7, 11) is 4.35. The molecule has 1 aromatic carbocycles. The van der Waals surface area contributed by atoms with E-state index in [4.69, 9.17) is 9.47 Å². The molecule has 0 aliphatic carbocycles. The summed E-state index contributed by atoms with van der Waals surface area (Å²) < 4.78 is 11.2. The Kier molecular flexibility index (Phi) is 9.23. The molecule has 3 aliphatic rings. The second-order valence-corrected chi connectivity index (χ2v) is 8.90. The Morgan fingerprint density at radius 2 is 1.25 bits per heavy atom. The first-order valence-electron chi connectivity index (χ1n) is 12.2. The number of pyridine rings is 1. The predicted molar refractivity (Wildman–Crippen MR) is 131 cm³/mol. The summed E-state index contributed by atoms with van der Waals surface area (Å²) in [5.74, 6) is -0.188. The summed E-state index contributed by atoms with van der Waals surface area (Å²) in [4.78, 5) is 9.07. The first kappa shape index (κ1) is 24.8. The van der Waals surface area contributed by atoms with Crippen molar-refractivity contribution in [3.63, 3.8) is 0 Å². The molecule has 0 saturated carbocycles. The average Bonchev–Trinajstić information content (AvgIpc) is 3.33. The minimum absolute atomic E-state index is 0.141. The minimum Gasteiger partial charge on any atom is -0.347 e. The lowest BCUT2D eigenvalue weighted by Gasteiger charge is -2.41. The number of nitrogens with zero attached hydrogens (tertiary/aromatic N) is 3. The number of aromatic nitrogens is 1. The van der Waals surface area contributed by atoms with E-state index in [0.29, 0.717) is 0 Å². The van der Waals surface area contributed by atoms with Crippen LogP contribution in [0.25, 0.3) is 0 Å². The largest absolute Gasteiger partial charge is 0.347 e. The van der Waals surface area contributed by atoms with E-state index in [-0.39, 0.29) is 11.2 Å². The summed E-state index contributed by atoms with van der Waals surface area (Å²) in [6.45, 7) is 10.0. The van der Waals surface area contributed by atoms with Crippen LogP contribution in [0.15, 0.2) is 54.9 Å². The summed E-state index contributed by atoms with van der Waals surface area (Å²) in [6, 6.07) is 15.2. The molecule has 176 valence electrons. The first-order valence-corrected chi connectivity index (χ1v) is 12.2. The SMILES string of the molecule is CC.CN1CCC(c2ccccc2)(c2cccnc2)CC1.CN1CCC2(CC1)OCCO2. The molecule has 5 heteroatoms. The monoisotopic (exact) mass is 439 g/mol. The Morgan fingerprint density at radius 1 is 0.719 bits per heavy atom. The molecule has 0 atom stereocenters. The van der Waals surface area contributed by atoms with Gasteiger partial charge in [-0.3, -0.25) is 4.98 Å². The van der Waals surface area contributed by atoms with Gasteiger partial charge in [-0.05, 0) is 57.2 Å². The zero-order valence-electron chi connectivity index (χ0n) is 20.4. The van der Waals surface area contributed by atoms with Crippen molar-refractivity contribution in [2.45, 2.75) is 50.7 Å². The number of piperidine rings is 2. The van der Waals surface area contributed by atoms with Gasteiger partial charge in [-0.25, -0.2) is 0 Å². The maximum Gasteiger partial charge on any atom is 0.170 e. The van der Waals surface area contributed by atoms with Crippen LogP contribution in [0.4, 0.5) is 0 Å². The van der Waals surface area contributed by atoms with Crippen LogP contribution >= 0.6 is 0 Å². The van der Waals surface area contributed by atoms with Gasteiger partial charge in [-0.2, -0.15) is 0 Å². The van der Waals surface area contributed by atoms with E-state index < -0.39 is 0 Å². The van der Waals surface area contributed by atoms with Gasteiger partial charge in [0.2, 0.25) is 0 Å². The van der Waals surface area contributed by atoms with Gasteiger partial charge in [0.05, 0.1) is 13.2 Å². The van der Waals surface area contributed by atoms with E-state index in [1.54, 1.807) is 0 Å². The second-order valence-electron chi connectivity index (χ2n) is 8.90. The van der Waals surface area contributed by atoms with Crippen LogP contribution in [0.1, 0.15) is 50.7 Å². The molecule has 5 rings (SSSR count). The number of rotatable bonds is 2. The molecule has 3 fully saturated rings. The maximum absolute atomic E-state index is 5.58. The van der Waals surface area contributed by atoms with Crippen LogP contribution in [0.2, 0.25) is 0 Å². The summed E-state index contributed by atoms with van der Waals surface area (Å²) in [5, 5.41) is 0. The van der Waals surface area contributed by atoms with E-state index in [1.165, 1.54) is 24.0 Å². The molecular formula is C27H41N3O2. The Labute approximate surface area is 194 Å². The molecule has 1 aromatic heterocycles. The lowest BCUT2D eigenvalue weighted by Crippen LogP contribution is -2.43. The summed E-state index contributed by atoms with van der Waals surface area (Å²) in [5.41, 5.74) is 2.92. The number of ether oxygens (including phenoxy) is 2. The van der Waals surface area contributed by atoms with Gasteiger partial charge in [-0.15, -0.1) is 0 Å². The maximum atomic E-state index is 5.58. The highest BCUT2D eigenvalue weighted by Gasteiger charge is 2.39. The predicted octanol–water partition coefficient (Wildman–Crippen LogP) is 4.57. The first-order chi connectivity index (χ1) is 15.6. The fourth-order valence-electron chi connectivity index (χ4n) is 4.89. The Bertz CT molecular complexity index is 719. The molecule has 0 unspecified atom stereocenters. The van der Waals surface area contributed by atoms with Crippen molar-refractivity contribution in [2.75, 3.05) is 53.5 Å². The topological polar surface area (TPSA) is 37.8 Å². The molecule has 3 saturated heterocycles. The quantitative estimate of drug-likeness (QED) is 0.685. The van der Waals surface area contributed by atoms with Gasteiger partial charge < -0.3 is 19.3 Å². The molecule has 4 heterocycles. The third kappa shape index (κ3) is 5.96. The van der Waals surface area contributed by atoms with Gasteiger partial charge in [0.15, 0.2) is 5.79 Å². The fraction of sp³-hybridized carbons (Fsp3) is 0.593. The summed E-state index contributed by atoms with van der Waals surface area (Å²) in [6.07, 6.45) is 8.29. The lowest BCUT2D eigenvalue weighted by molar-refractivity contribution is -0.183. The Balaban J connectivity index is 0.000000189. The van der Waals surface area contributed by atoms with Crippen LogP contribution < -0.4 is 0 Å². The molecule has 2 aromatic rings. The smallest absolute Gasteiger partial charge is 0.170 e. The molecule has 32 heavy (non-hydrogen) atoms. The van der Waals surface area contributed by atoms with Gasteiger partial charge >= 0.3 is 0 Å². The molecule has 1 spiro atoms. The number of hydrogen-bond acceptors (Lipinski definition) is 5. The molecule has 0 bridgehead atoms. The van der Waals surface area contributed by atoms with Crippen LogP contribution in [0.3, 0.4) is 0 Å². The van der Waals surface area contributed by atoms with Crippen molar-refractivity contribution in [1.82, 2.24) is 14.8 Å². The fourth-order valence-corrected chi connectivity index (χ4v) is 4.89. The molecule has 0 amide bonds. The van der Waals surface area contributed by atoms with Crippen LogP contribution in [-0.4, -0.2) is 74.1 Å². The number of benzene rings is 1. The van der Waals surface area contributed by atoms with Crippen LogP contribution in [0, 0.1) is 0 Å².